The van der Waals surface area contributed by atoms with Gasteiger partial charge in [0.2, 0.25) is 0 Å². The molecule has 0 aliphatic rings. The predicted molar refractivity (Wildman–Crippen MR) is 269 cm³/mol. The molecule has 0 fully saturated rings. The van der Waals surface area contributed by atoms with Crippen LogP contribution in [0.5, 0.6) is 0 Å². The van der Waals surface area contributed by atoms with Crippen LogP contribution in [0.1, 0.15) is 11.1 Å². The van der Waals surface area contributed by atoms with Crippen molar-refractivity contribution in [1.29, 1.82) is 0 Å². The van der Waals surface area contributed by atoms with Gasteiger partial charge < -0.3 is 4.57 Å². The van der Waals surface area contributed by atoms with Crippen LogP contribution >= 0.6 is 11.3 Å². The molecule has 0 aliphatic heterocycles. The minimum atomic E-state index is 0.606. The molecule has 0 spiro atoms. The molecule has 3 heterocycles. The van der Waals surface area contributed by atoms with E-state index in [1.54, 1.807) is 0 Å². The minimum Gasteiger partial charge on any atom is -0.308 e. The lowest BCUT2D eigenvalue weighted by Crippen LogP contribution is -2.04. The second-order valence-corrected chi connectivity index (χ2v) is 17.7. The fourth-order valence-electron chi connectivity index (χ4n) is 9.06. The van der Waals surface area contributed by atoms with Gasteiger partial charge in [0, 0.05) is 47.6 Å². The number of nitrogens with zero attached hydrogens (tertiary/aromatic N) is 4. The Morgan fingerprint density at radius 3 is 1.36 bits per heavy atom. The highest BCUT2D eigenvalue weighted by Crippen LogP contribution is 2.42. The van der Waals surface area contributed by atoms with Gasteiger partial charge in [-0.3, -0.25) is 0 Å². The topological polar surface area (TPSA) is 43.6 Å². The lowest BCUT2D eigenvalue weighted by atomic mass is 9.99. The molecule has 0 amide bonds. The van der Waals surface area contributed by atoms with Gasteiger partial charge in [-0.05, 0) is 102 Å². The van der Waals surface area contributed by atoms with E-state index in [1.807, 2.05) is 47.7 Å². The molecule has 4 nitrogen and oxygen atoms in total. The average Bonchev–Trinajstić information content (AvgIpc) is 3.89. The van der Waals surface area contributed by atoms with E-state index in [2.05, 4.69) is 188 Å². The molecule has 0 saturated carbocycles. The Bertz CT molecular complexity index is 3560. The largest absolute Gasteiger partial charge is 0.308 e. The van der Waals surface area contributed by atoms with Crippen LogP contribution in [0.3, 0.4) is 0 Å². The summed E-state index contributed by atoms with van der Waals surface area (Å²) in [6, 6.07) is 74.2. The molecule has 0 unspecified atom stereocenters. The molecule has 12 aromatic rings. The Kier molecular flexibility index (Phi) is 9.09. The van der Waals surface area contributed by atoms with Gasteiger partial charge in [-0.1, -0.05) is 163 Å². The number of hydrogen-bond acceptors (Lipinski definition) is 4. The smallest absolute Gasteiger partial charge is 0.166 e. The number of fused-ring (bicyclic) bond motifs is 6. The van der Waals surface area contributed by atoms with E-state index in [0.717, 1.165) is 44.5 Å². The molecule has 302 valence electrons. The fraction of sp³-hybridized carbons (Fsp3) is 0.0339. The predicted octanol–water partition coefficient (Wildman–Crippen LogP) is 16.0. The number of benzene rings is 9. The van der Waals surface area contributed by atoms with Crippen molar-refractivity contribution in [3.05, 3.63) is 217 Å². The Morgan fingerprint density at radius 1 is 0.328 bits per heavy atom. The van der Waals surface area contributed by atoms with Gasteiger partial charge in [0.05, 0.1) is 16.7 Å². The van der Waals surface area contributed by atoms with Gasteiger partial charge in [0.1, 0.15) is 0 Å². The Hall–Kier alpha value is -7.99. The highest BCUT2D eigenvalue weighted by Gasteiger charge is 2.22. The highest BCUT2D eigenvalue weighted by atomic mass is 32.1. The summed E-state index contributed by atoms with van der Waals surface area (Å²) in [4.78, 5) is 15.8. The van der Waals surface area contributed by atoms with Crippen molar-refractivity contribution >= 4 is 53.3 Å². The van der Waals surface area contributed by atoms with Crippen molar-refractivity contribution in [2.75, 3.05) is 0 Å². The normalized spacial score (nSPS) is 11.6. The lowest BCUT2D eigenvalue weighted by Gasteiger charge is -2.17. The van der Waals surface area contributed by atoms with E-state index in [4.69, 9.17) is 15.0 Å². The van der Waals surface area contributed by atoms with Gasteiger partial charge in [-0.2, -0.15) is 0 Å². The van der Waals surface area contributed by atoms with Crippen LogP contribution in [-0.4, -0.2) is 19.5 Å². The van der Waals surface area contributed by atoms with E-state index in [-0.39, 0.29) is 0 Å². The zero-order valence-electron chi connectivity index (χ0n) is 35.3. The molecular formula is C59H40N4S. The standard InChI is InChI=1S/C59H40N4S/c1-37-17-21-39(22-18-37)43-25-29-52-48(33-43)49-34-44(40-23-19-38(2)20-24-40)26-30-53(49)63(52)54-31-27-45(46-28-32-56-50(35-46)47-15-9-10-16-55(47)64-56)36-51(54)59-61-57(41-11-5-3-6-12-41)60-58(62-59)42-13-7-4-8-14-42/h3-36H,1-2H3. The van der Waals surface area contributed by atoms with Crippen LogP contribution in [0, 0.1) is 13.8 Å². The Labute approximate surface area is 375 Å². The highest BCUT2D eigenvalue weighted by molar-refractivity contribution is 7.25. The summed E-state index contributed by atoms with van der Waals surface area (Å²) >= 11 is 1.84. The number of aromatic nitrogens is 4. The SMILES string of the molecule is Cc1ccc(-c2ccc3c(c2)c2cc(-c4ccc(C)cc4)ccc2n3-c2ccc(-c3ccc4sc5ccccc5c4c3)cc2-c2nc(-c3ccccc3)nc(-c3ccccc3)n2)cc1. The summed E-state index contributed by atoms with van der Waals surface area (Å²) in [7, 11) is 0. The van der Waals surface area contributed by atoms with Gasteiger partial charge >= 0.3 is 0 Å². The third-order valence-corrected chi connectivity index (χ3v) is 13.6. The summed E-state index contributed by atoms with van der Waals surface area (Å²) in [5.41, 5.74) is 15.4. The van der Waals surface area contributed by atoms with Crippen LogP contribution < -0.4 is 0 Å². The molecule has 3 aromatic heterocycles. The molecule has 0 N–H and O–H groups in total. The van der Waals surface area contributed by atoms with Crippen molar-refractivity contribution in [3.8, 4) is 73.2 Å². The quantitative estimate of drug-likeness (QED) is 0.161. The first-order valence-corrected chi connectivity index (χ1v) is 22.5. The van der Waals surface area contributed by atoms with Crippen LogP contribution in [0.25, 0.3) is 115 Å². The number of aryl methyl sites for hydroxylation is 2. The molecular weight excluding hydrogens is 797 g/mol. The van der Waals surface area contributed by atoms with Crippen molar-refractivity contribution < 1.29 is 0 Å². The van der Waals surface area contributed by atoms with Crippen LogP contribution in [0.15, 0.2) is 206 Å². The van der Waals surface area contributed by atoms with E-state index in [0.29, 0.717) is 17.5 Å². The maximum atomic E-state index is 5.34. The van der Waals surface area contributed by atoms with E-state index in [9.17, 15) is 0 Å². The zero-order valence-corrected chi connectivity index (χ0v) is 36.1. The van der Waals surface area contributed by atoms with Crippen molar-refractivity contribution in [2.24, 2.45) is 0 Å². The van der Waals surface area contributed by atoms with Crippen molar-refractivity contribution in [3.63, 3.8) is 0 Å². The summed E-state index contributed by atoms with van der Waals surface area (Å²) < 4.78 is 4.98. The molecule has 0 aliphatic carbocycles. The second kappa shape index (κ2) is 15.4. The number of hydrogen-bond donors (Lipinski definition) is 0. The lowest BCUT2D eigenvalue weighted by molar-refractivity contribution is 1.06. The Balaban J connectivity index is 1.14. The molecule has 0 radical (unpaired) electrons. The van der Waals surface area contributed by atoms with Gasteiger partial charge in [0.25, 0.3) is 0 Å². The van der Waals surface area contributed by atoms with Crippen LogP contribution in [0.4, 0.5) is 0 Å². The van der Waals surface area contributed by atoms with E-state index >= 15 is 0 Å². The number of thiophene rings is 1. The maximum Gasteiger partial charge on any atom is 0.166 e. The first-order valence-electron chi connectivity index (χ1n) is 21.7. The summed E-state index contributed by atoms with van der Waals surface area (Å²) in [6.07, 6.45) is 0. The van der Waals surface area contributed by atoms with Gasteiger partial charge in [-0.25, -0.2) is 15.0 Å². The summed E-state index contributed by atoms with van der Waals surface area (Å²) in [6.45, 7) is 4.27. The first kappa shape index (κ1) is 37.7. The molecule has 9 aromatic carbocycles. The van der Waals surface area contributed by atoms with Gasteiger partial charge in [0.15, 0.2) is 17.5 Å². The summed E-state index contributed by atoms with van der Waals surface area (Å²) in [5, 5.41) is 4.90. The maximum absolute atomic E-state index is 5.34. The van der Waals surface area contributed by atoms with Crippen LogP contribution in [0.2, 0.25) is 0 Å². The third-order valence-electron chi connectivity index (χ3n) is 12.4. The monoisotopic (exact) mass is 836 g/mol. The van der Waals surface area contributed by atoms with E-state index in [1.165, 1.54) is 64.3 Å². The molecule has 0 bridgehead atoms. The number of rotatable bonds is 7. The van der Waals surface area contributed by atoms with E-state index < -0.39 is 0 Å². The summed E-state index contributed by atoms with van der Waals surface area (Å²) in [5.74, 6) is 1.86. The molecule has 64 heavy (non-hydrogen) atoms. The Morgan fingerprint density at radius 2 is 0.766 bits per heavy atom. The average molecular weight is 837 g/mol. The molecule has 0 saturated heterocycles. The molecule has 0 atom stereocenters. The molecule has 12 rings (SSSR count). The van der Waals surface area contributed by atoms with Gasteiger partial charge in [-0.15, -0.1) is 11.3 Å². The van der Waals surface area contributed by atoms with Crippen molar-refractivity contribution in [2.45, 2.75) is 13.8 Å². The third kappa shape index (κ3) is 6.66. The first-order chi connectivity index (χ1) is 31.5. The second-order valence-electron chi connectivity index (χ2n) is 16.6. The van der Waals surface area contributed by atoms with Crippen molar-refractivity contribution in [1.82, 2.24) is 19.5 Å². The minimum absolute atomic E-state index is 0.606. The van der Waals surface area contributed by atoms with Crippen LogP contribution in [-0.2, 0) is 0 Å². The zero-order chi connectivity index (χ0) is 42.7. The fourth-order valence-corrected chi connectivity index (χ4v) is 10.1. The molecule has 5 heteroatoms.